The zero-order valence-corrected chi connectivity index (χ0v) is 16.0. The number of aryl methyl sites for hydroxylation is 2. The van der Waals surface area contributed by atoms with Crippen LogP contribution in [0, 0.1) is 13.8 Å². The molecule has 2 rings (SSSR count). The van der Waals surface area contributed by atoms with Crippen LogP contribution >= 0.6 is 11.8 Å². The summed E-state index contributed by atoms with van der Waals surface area (Å²) in [7, 11) is 1.64. The second kappa shape index (κ2) is 9.37. The Morgan fingerprint density at radius 1 is 1.08 bits per heavy atom. The molecule has 0 unspecified atom stereocenters. The Balaban J connectivity index is 1.72. The van der Waals surface area contributed by atoms with E-state index in [2.05, 4.69) is 19.2 Å². The first kappa shape index (κ1) is 19.2. The summed E-state index contributed by atoms with van der Waals surface area (Å²) in [5.41, 5.74) is 2.44. The van der Waals surface area contributed by atoms with Crippen molar-refractivity contribution in [1.29, 1.82) is 0 Å². The highest BCUT2D eigenvalue weighted by molar-refractivity contribution is 8.00. The summed E-state index contributed by atoms with van der Waals surface area (Å²) in [6.45, 7) is 6.96. The number of carbonyl (C=O) groups is 1. The van der Waals surface area contributed by atoms with E-state index in [9.17, 15) is 4.79 Å². The van der Waals surface area contributed by atoms with Crippen molar-refractivity contribution < 1.29 is 14.3 Å². The van der Waals surface area contributed by atoms with Crippen LogP contribution in [-0.2, 0) is 4.79 Å². The summed E-state index contributed by atoms with van der Waals surface area (Å²) >= 11 is 1.52. The minimum atomic E-state index is -0.171. The van der Waals surface area contributed by atoms with Gasteiger partial charge >= 0.3 is 0 Å². The van der Waals surface area contributed by atoms with Gasteiger partial charge < -0.3 is 14.8 Å². The van der Waals surface area contributed by atoms with Gasteiger partial charge in [0.15, 0.2) is 0 Å². The highest BCUT2D eigenvalue weighted by atomic mass is 32.2. The number of methoxy groups -OCH3 is 1. The lowest BCUT2D eigenvalue weighted by Gasteiger charge is -2.13. The van der Waals surface area contributed by atoms with E-state index in [1.54, 1.807) is 7.11 Å². The molecule has 0 radical (unpaired) electrons. The zero-order chi connectivity index (χ0) is 18.2. The summed E-state index contributed by atoms with van der Waals surface area (Å²) in [5, 5.41) is 2.74. The standard InChI is InChI=1S/C20H25NO3S/c1-14-5-6-18(13-15(14)2)24-12-11-21-20(22)16(3)25-19-9-7-17(23-4)8-10-19/h5-10,13,16H,11-12H2,1-4H3,(H,21,22)/t16-/m0/s1. The Bertz CT molecular complexity index is 701. The fourth-order valence-corrected chi connectivity index (χ4v) is 3.09. The molecule has 4 nitrogen and oxygen atoms in total. The molecule has 134 valence electrons. The summed E-state index contributed by atoms with van der Waals surface area (Å²) < 4.78 is 10.8. The molecule has 0 fully saturated rings. The van der Waals surface area contributed by atoms with Gasteiger partial charge in [-0.05, 0) is 68.3 Å². The van der Waals surface area contributed by atoms with Crippen molar-refractivity contribution in [2.45, 2.75) is 30.9 Å². The average molecular weight is 359 g/mol. The van der Waals surface area contributed by atoms with E-state index in [1.165, 1.54) is 22.9 Å². The molecule has 0 saturated carbocycles. The van der Waals surface area contributed by atoms with Crippen LogP contribution in [0.25, 0.3) is 0 Å². The van der Waals surface area contributed by atoms with Crippen LogP contribution in [0.1, 0.15) is 18.1 Å². The molecule has 0 bridgehead atoms. The van der Waals surface area contributed by atoms with E-state index in [1.807, 2.05) is 49.4 Å². The highest BCUT2D eigenvalue weighted by Gasteiger charge is 2.13. The predicted octanol–water partition coefficient (Wildman–Crippen LogP) is 3.99. The Kier molecular flexibility index (Phi) is 7.19. The molecule has 25 heavy (non-hydrogen) atoms. The maximum absolute atomic E-state index is 12.2. The number of amides is 1. The van der Waals surface area contributed by atoms with E-state index < -0.39 is 0 Å². The van der Waals surface area contributed by atoms with Crippen molar-refractivity contribution >= 4 is 17.7 Å². The molecular formula is C20H25NO3S. The molecule has 1 amide bonds. The molecule has 0 aliphatic carbocycles. The summed E-state index contributed by atoms with van der Waals surface area (Å²) in [4.78, 5) is 13.2. The molecule has 2 aromatic rings. The van der Waals surface area contributed by atoms with E-state index in [0.29, 0.717) is 13.2 Å². The van der Waals surface area contributed by atoms with Crippen molar-refractivity contribution in [2.75, 3.05) is 20.3 Å². The Hall–Kier alpha value is -2.14. The van der Waals surface area contributed by atoms with Gasteiger partial charge in [0.1, 0.15) is 18.1 Å². The van der Waals surface area contributed by atoms with Crippen molar-refractivity contribution in [1.82, 2.24) is 5.32 Å². The Labute approximate surface area is 153 Å². The number of hydrogen-bond donors (Lipinski definition) is 1. The fourth-order valence-electron chi connectivity index (χ4n) is 2.20. The molecule has 0 saturated heterocycles. The predicted molar refractivity (Wildman–Crippen MR) is 103 cm³/mol. The largest absolute Gasteiger partial charge is 0.497 e. The van der Waals surface area contributed by atoms with Crippen molar-refractivity contribution in [3.8, 4) is 11.5 Å². The molecular weight excluding hydrogens is 334 g/mol. The number of ether oxygens (including phenoxy) is 2. The van der Waals surface area contributed by atoms with E-state index in [0.717, 1.165) is 16.4 Å². The Morgan fingerprint density at radius 2 is 1.76 bits per heavy atom. The summed E-state index contributed by atoms with van der Waals surface area (Å²) in [6, 6.07) is 13.7. The minimum Gasteiger partial charge on any atom is -0.497 e. The van der Waals surface area contributed by atoms with Gasteiger partial charge in [-0.15, -0.1) is 11.8 Å². The maximum atomic E-state index is 12.2. The van der Waals surface area contributed by atoms with Gasteiger partial charge in [-0.3, -0.25) is 4.79 Å². The lowest BCUT2D eigenvalue weighted by Crippen LogP contribution is -2.33. The molecule has 0 heterocycles. The van der Waals surface area contributed by atoms with E-state index in [4.69, 9.17) is 9.47 Å². The van der Waals surface area contributed by atoms with Gasteiger partial charge in [0.25, 0.3) is 0 Å². The monoisotopic (exact) mass is 359 g/mol. The Morgan fingerprint density at radius 3 is 2.40 bits per heavy atom. The van der Waals surface area contributed by atoms with Crippen molar-refractivity contribution in [3.63, 3.8) is 0 Å². The molecule has 2 aromatic carbocycles. The quantitative estimate of drug-likeness (QED) is 0.572. The normalized spacial score (nSPS) is 11.7. The summed E-state index contributed by atoms with van der Waals surface area (Å²) in [5.74, 6) is 1.65. The second-order valence-corrected chi connectivity index (χ2v) is 7.24. The molecule has 1 atom stereocenters. The maximum Gasteiger partial charge on any atom is 0.233 e. The van der Waals surface area contributed by atoms with Crippen LogP contribution in [0.4, 0.5) is 0 Å². The molecule has 0 aliphatic heterocycles. The number of hydrogen-bond acceptors (Lipinski definition) is 4. The zero-order valence-electron chi connectivity index (χ0n) is 15.2. The van der Waals surface area contributed by atoms with E-state index in [-0.39, 0.29) is 11.2 Å². The third kappa shape index (κ3) is 6.02. The van der Waals surface area contributed by atoms with Crippen LogP contribution in [0.15, 0.2) is 47.4 Å². The topological polar surface area (TPSA) is 47.6 Å². The van der Waals surface area contributed by atoms with Crippen LogP contribution in [0.5, 0.6) is 11.5 Å². The van der Waals surface area contributed by atoms with Gasteiger partial charge in [-0.25, -0.2) is 0 Å². The average Bonchev–Trinajstić information content (AvgIpc) is 2.62. The van der Waals surface area contributed by atoms with Crippen LogP contribution in [-0.4, -0.2) is 31.4 Å². The first-order chi connectivity index (χ1) is 12.0. The van der Waals surface area contributed by atoms with E-state index >= 15 is 0 Å². The smallest absolute Gasteiger partial charge is 0.233 e. The number of nitrogens with one attached hydrogen (secondary N) is 1. The van der Waals surface area contributed by atoms with Gasteiger partial charge in [0, 0.05) is 4.90 Å². The van der Waals surface area contributed by atoms with Crippen LogP contribution in [0.2, 0.25) is 0 Å². The number of benzene rings is 2. The first-order valence-corrected chi connectivity index (χ1v) is 9.16. The third-order valence-electron chi connectivity index (χ3n) is 3.89. The highest BCUT2D eigenvalue weighted by Crippen LogP contribution is 2.25. The fraction of sp³-hybridized carbons (Fsp3) is 0.350. The molecule has 1 N–H and O–H groups in total. The van der Waals surface area contributed by atoms with Crippen LogP contribution < -0.4 is 14.8 Å². The first-order valence-electron chi connectivity index (χ1n) is 8.28. The number of rotatable bonds is 8. The molecule has 0 aromatic heterocycles. The van der Waals surface area contributed by atoms with Crippen molar-refractivity contribution in [2.24, 2.45) is 0 Å². The second-order valence-electron chi connectivity index (χ2n) is 5.82. The SMILES string of the molecule is COc1ccc(S[C@@H](C)C(=O)NCCOc2ccc(C)c(C)c2)cc1. The number of carbonyl (C=O) groups excluding carboxylic acids is 1. The lowest BCUT2D eigenvalue weighted by atomic mass is 10.1. The van der Waals surface area contributed by atoms with Gasteiger partial charge in [-0.2, -0.15) is 0 Å². The minimum absolute atomic E-state index is 0.00417. The third-order valence-corrected chi connectivity index (χ3v) is 5.00. The molecule has 0 aliphatic rings. The summed E-state index contributed by atoms with van der Waals surface area (Å²) in [6.07, 6.45) is 0. The lowest BCUT2D eigenvalue weighted by molar-refractivity contribution is -0.120. The van der Waals surface area contributed by atoms with Gasteiger partial charge in [-0.1, -0.05) is 6.07 Å². The van der Waals surface area contributed by atoms with Gasteiger partial charge in [0.2, 0.25) is 5.91 Å². The van der Waals surface area contributed by atoms with Gasteiger partial charge in [0.05, 0.1) is 18.9 Å². The molecule has 0 spiro atoms. The van der Waals surface area contributed by atoms with Crippen LogP contribution in [0.3, 0.4) is 0 Å². The molecule has 5 heteroatoms. The van der Waals surface area contributed by atoms with Crippen molar-refractivity contribution in [3.05, 3.63) is 53.6 Å². The number of thioether (sulfide) groups is 1.